The van der Waals surface area contributed by atoms with Gasteiger partial charge >= 0.3 is 0 Å². The van der Waals surface area contributed by atoms with Gasteiger partial charge in [-0.1, -0.05) is 13.8 Å². The Morgan fingerprint density at radius 2 is 1.18 bits per heavy atom. The average molecular weight is 549 g/mol. The number of nitrogens with zero attached hydrogens (tertiary/aromatic N) is 4. The van der Waals surface area contributed by atoms with Gasteiger partial charge in [-0.15, -0.1) is 22.7 Å². The molecule has 2 aliphatic rings. The van der Waals surface area contributed by atoms with Crippen LogP contribution in [0.25, 0.3) is 30.9 Å². The number of hydrogen-bond donors (Lipinski definition) is 2. The van der Waals surface area contributed by atoms with Crippen LogP contribution in [0.5, 0.6) is 0 Å². The highest BCUT2D eigenvalue weighted by Gasteiger charge is 2.32. The molecule has 0 radical (unpaired) electrons. The van der Waals surface area contributed by atoms with Crippen molar-refractivity contribution in [2.75, 3.05) is 13.1 Å². The van der Waals surface area contributed by atoms with E-state index in [0.29, 0.717) is 12.8 Å². The van der Waals surface area contributed by atoms with Crippen LogP contribution in [0.2, 0.25) is 0 Å². The van der Waals surface area contributed by atoms with Crippen molar-refractivity contribution >= 4 is 34.5 Å². The third-order valence-electron chi connectivity index (χ3n) is 7.56. The first kappa shape index (κ1) is 25.1. The van der Waals surface area contributed by atoms with Crippen LogP contribution >= 0.6 is 22.7 Å². The molecule has 198 valence electrons. The molecular weight excluding hydrogens is 516 g/mol. The molecule has 8 nitrogen and oxygen atoms in total. The van der Waals surface area contributed by atoms with Crippen molar-refractivity contribution in [2.45, 2.75) is 64.5 Å². The fraction of sp³-hybridized carbons (Fsp3) is 0.429. The lowest BCUT2D eigenvalue weighted by Crippen LogP contribution is -2.30. The number of carbonyl (C=O) groups is 2. The van der Waals surface area contributed by atoms with Gasteiger partial charge in [0.2, 0.25) is 11.8 Å². The molecule has 0 aromatic carbocycles. The topological polar surface area (TPSA) is 98.0 Å². The number of likely N-dealkylation sites (tertiary alicyclic amines) is 2. The number of hydrogen-bond acceptors (Lipinski definition) is 6. The summed E-state index contributed by atoms with van der Waals surface area (Å²) in [5, 5.41) is 0. The molecule has 38 heavy (non-hydrogen) atoms. The van der Waals surface area contributed by atoms with Crippen molar-refractivity contribution in [1.82, 2.24) is 29.7 Å². The fourth-order valence-corrected chi connectivity index (χ4v) is 7.63. The SMILES string of the molecule is CCC(=O)N1CCC[C@H]1c1ncc(-c2ccc(-c3ccc(-c4cnc([C@@H]5CCCN5C(=O)CC)[nH]4)s3)s2)[nH]1. The quantitative estimate of drug-likeness (QED) is 0.279. The van der Waals surface area contributed by atoms with Gasteiger partial charge in [0.05, 0.1) is 45.6 Å². The zero-order valence-electron chi connectivity index (χ0n) is 21.7. The average Bonchev–Trinajstić information content (AvgIpc) is 3.78. The van der Waals surface area contributed by atoms with Gasteiger partial charge in [0.15, 0.2) is 0 Å². The second-order valence-corrected chi connectivity index (χ2v) is 12.1. The summed E-state index contributed by atoms with van der Waals surface area (Å²) >= 11 is 3.47. The number of H-pyrrole nitrogens is 2. The minimum absolute atomic E-state index is 0.0474. The molecule has 0 spiro atoms. The molecule has 4 aromatic heterocycles. The van der Waals surface area contributed by atoms with E-state index in [1.165, 1.54) is 9.75 Å². The van der Waals surface area contributed by atoms with E-state index in [1.54, 1.807) is 22.7 Å². The van der Waals surface area contributed by atoms with Crippen LogP contribution in [0.15, 0.2) is 36.7 Å². The first-order chi connectivity index (χ1) is 18.6. The molecule has 0 aliphatic carbocycles. The van der Waals surface area contributed by atoms with Gasteiger partial charge in [-0.25, -0.2) is 9.97 Å². The van der Waals surface area contributed by atoms with Crippen molar-refractivity contribution in [2.24, 2.45) is 0 Å². The third-order valence-corrected chi connectivity index (χ3v) is 9.99. The summed E-state index contributed by atoms with van der Waals surface area (Å²) in [6, 6.07) is 8.67. The lowest BCUT2D eigenvalue weighted by molar-refractivity contribution is -0.132. The maximum absolute atomic E-state index is 12.3. The standard InChI is InChI=1S/C28H32N6O2S2/c1-3-25(35)33-13-5-7-19(33)27-29-15-17(31-27)21-9-11-23(37-21)24-12-10-22(38-24)18-16-30-28(32-18)20-8-6-14-34(20)26(36)4-2/h9-12,15-16,19-20H,3-8,13-14H2,1-2H3,(H,29,31)(H,30,32)/t19-,20-/m0/s1. The Morgan fingerprint density at radius 1 is 0.763 bits per heavy atom. The highest BCUT2D eigenvalue weighted by atomic mass is 32.1. The largest absolute Gasteiger partial charge is 0.340 e. The van der Waals surface area contributed by atoms with E-state index in [4.69, 9.17) is 0 Å². The van der Waals surface area contributed by atoms with Gasteiger partial charge in [-0.05, 0) is 49.9 Å². The van der Waals surface area contributed by atoms with Crippen LogP contribution < -0.4 is 0 Å². The number of aromatic amines is 2. The molecule has 2 N–H and O–H groups in total. The summed E-state index contributed by atoms with van der Waals surface area (Å²) in [7, 11) is 0. The second kappa shape index (κ2) is 10.5. The van der Waals surface area contributed by atoms with Gasteiger partial charge in [-0.2, -0.15) is 0 Å². The zero-order valence-corrected chi connectivity index (χ0v) is 23.3. The molecule has 2 fully saturated rings. The number of carbonyl (C=O) groups excluding carboxylic acids is 2. The van der Waals surface area contributed by atoms with Crippen molar-refractivity contribution in [1.29, 1.82) is 0 Å². The highest BCUT2D eigenvalue weighted by molar-refractivity contribution is 7.25. The van der Waals surface area contributed by atoms with E-state index in [1.807, 2.05) is 36.0 Å². The number of aromatic nitrogens is 4. The van der Waals surface area contributed by atoms with Gasteiger partial charge in [0.1, 0.15) is 11.6 Å². The van der Waals surface area contributed by atoms with E-state index >= 15 is 0 Å². The van der Waals surface area contributed by atoms with Crippen LogP contribution in [0.3, 0.4) is 0 Å². The Hall–Kier alpha value is -3.24. The summed E-state index contributed by atoms with van der Waals surface area (Å²) < 4.78 is 0. The Kier molecular flexibility index (Phi) is 6.92. The fourth-order valence-electron chi connectivity index (χ4n) is 5.60. The molecule has 2 amide bonds. The minimum atomic E-state index is 0.0474. The van der Waals surface area contributed by atoms with E-state index in [9.17, 15) is 9.59 Å². The van der Waals surface area contributed by atoms with Crippen molar-refractivity contribution < 1.29 is 9.59 Å². The first-order valence-electron chi connectivity index (χ1n) is 13.4. The molecule has 10 heteroatoms. The normalized spacial score (nSPS) is 19.5. The van der Waals surface area contributed by atoms with Crippen LogP contribution in [-0.4, -0.2) is 54.6 Å². The molecule has 0 unspecified atom stereocenters. The maximum atomic E-state index is 12.3. The van der Waals surface area contributed by atoms with Gasteiger partial charge in [0, 0.05) is 35.7 Å². The van der Waals surface area contributed by atoms with Crippen LogP contribution in [-0.2, 0) is 9.59 Å². The van der Waals surface area contributed by atoms with Gasteiger partial charge in [-0.3, -0.25) is 9.59 Å². The Balaban J connectivity index is 1.17. The lowest BCUT2D eigenvalue weighted by atomic mass is 10.2. The third kappa shape index (κ3) is 4.60. The highest BCUT2D eigenvalue weighted by Crippen LogP contribution is 2.41. The number of amides is 2. The molecule has 4 aromatic rings. The molecule has 6 heterocycles. The van der Waals surface area contributed by atoms with Gasteiger partial charge < -0.3 is 19.8 Å². The zero-order chi connectivity index (χ0) is 26.2. The predicted molar refractivity (Wildman–Crippen MR) is 151 cm³/mol. The van der Waals surface area contributed by atoms with Crippen molar-refractivity contribution in [3.8, 4) is 30.9 Å². The van der Waals surface area contributed by atoms with Crippen LogP contribution in [0, 0.1) is 0 Å². The summed E-state index contributed by atoms with van der Waals surface area (Å²) in [4.78, 5) is 49.5. The predicted octanol–water partition coefficient (Wildman–Crippen LogP) is 6.40. The van der Waals surface area contributed by atoms with Crippen LogP contribution in [0.4, 0.5) is 0 Å². The van der Waals surface area contributed by atoms with Gasteiger partial charge in [0.25, 0.3) is 0 Å². The van der Waals surface area contributed by atoms with Crippen LogP contribution in [0.1, 0.15) is 76.1 Å². The summed E-state index contributed by atoms with van der Waals surface area (Å²) in [6.45, 7) is 5.45. The van der Waals surface area contributed by atoms with Crippen molar-refractivity contribution in [3.05, 3.63) is 48.3 Å². The lowest BCUT2D eigenvalue weighted by Gasteiger charge is -2.22. The first-order valence-corrected chi connectivity index (χ1v) is 15.1. The second-order valence-electron chi connectivity index (χ2n) is 9.89. The number of rotatable bonds is 7. The Morgan fingerprint density at radius 3 is 1.61 bits per heavy atom. The number of imidazole rings is 2. The molecule has 2 atom stereocenters. The van der Waals surface area contributed by atoms with Crippen molar-refractivity contribution in [3.63, 3.8) is 0 Å². The smallest absolute Gasteiger partial charge is 0.222 e. The van der Waals surface area contributed by atoms with E-state index < -0.39 is 0 Å². The molecule has 6 rings (SSSR count). The minimum Gasteiger partial charge on any atom is -0.340 e. The summed E-state index contributed by atoms with van der Waals surface area (Å²) in [5.41, 5.74) is 1.98. The molecular formula is C28H32N6O2S2. The number of thiophene rings is 2. The monoisotopic (exact) mass is 548 g/mol. The summed E-state index contributed by atoms with van der Waals surface area (Å²) in [6.07, 6.45) is 8.77. The molecule has 2 aliphatic heterocycles. The molecule has 0 bridgehead atoms. The molecule has 0 saturated carbocycles. The maximum Gasteiger partial charge on any atom is 0.222 e. The Bertz CT molecular complexity index is 1340. The van der Waals surface area contributed by atoms with E-state index in [-0.39, 0.29) is 23.9 Å². The summed E-state index contributed by atoms with van der Waals surface area (Å²) in [5.74, 6) is 2.14. The Labute approximate surface area is 230 Å². The number of nitrogens with one attached hydrogen (secondary N) is 2. The molecule has 2 saturated heterocycles. The van der Waals surface area contributed by atoms with E-state index in [2.05, 4.69) is 44.2 Å². The van der Waals surface area contributed by atoms with E-state index in [0.717, 1.165) is 71.6 Å².